The van der Waals surface area contributed by atoms with E-state index >= 15 is 0 Å². The van der Waals surface area contributed by atoms with Crippen molar-refractivity contribution in [1.29, 1.82) is 5.26 Å². The Hall–Kier alpha value is -3.79. The van der Waals surface area contributed by atoms with E-state index in [0.717, 1.165) is 65.9 Å². The summed E-state index contributed by atoms with van der Waals surface area (Å²) in [5, 5.41) is 18.5. The van der Waals surface area contributed by atoms with Crippen molar-refractivity contribution in [2.75, 3.05) is 38.2 Å². The van der Waals surface area contributed by atoms with E-state index in [-0.39, 0.29) is 11.3 Å². The van der Waals surface area contributed by atoms with Crippen LogP contribution in [0.15, 0.2) is 43.1 Å². The fraction of sp³-hybridized carbons (Fsp3) is 0.320. The van der Waals surface area contributed by atoms with Crippen LogP contribution < -0.4 is 9.64 Å². The molecule has 5 rings (SSSR count). The zero-order valence-electron chi connectivity index (χ0n) is 18.3. The maximum absolute atomic E-state index is 11.9. The predicted octanol–water partition coefficient (Wildman–Crippen LogP) is 3.64. The van der Waals surface area contributed by atoms with Crippen LogP contribution in [0.2, 0.25) is 0 Å². The third kappa shape index (κ3) is 3.02. The number of methoxy groups -OCH3 is 1. The fourth-order valence-corrected chi connectivity index (χ4v) is 5.21. The maximum Gasteiger partial charge on any atom is 0.245 e. The van der Waals surface area contributed by atoms with Gasteiger partial charge in [-0.05, 0) is 42.7 Å². The van der Waals surface area contributed by atoms with Gasteiger partial charge in [0.25, 0.3) is 0 Å². The third-order valence-electron chi connectivity index (χ3n) is 6.86. The lowest BCUT2D eigenvalue weighted by atomic mass is 9.79. The van der Waals surface area contributed by atoms with E-state index in [1.165, 1.54) is 6.08 Å². The third-order valence-corrected chi connectivity index (χ3v) is 6.86. The Morgan fingerprint density at radius 1 is 1.34 bits per heavy atom. The number of nitriles is 1. The van der Waals surface area contributed by atoms with E-state index in [2.05, 4.69) is 27.7 Å². The number of ether oxygens (including phenoxy) is 1. The number of likely N-dealkylation sites (tertiary alicyclic amines) is 1. The predicted molar refractivity (Wildman–Crippen MR) is 124 cm³/mol. The van der Waals surface area contributed by atoms with E-state index < -0.39 is 0 Å². The zero-order valence-corrected chi connectivity index (χ0v) is 18.3. The molecule has 2 saturated heterocycles. The second-order valence-electron chi connectivity index (χ2n) is 8.84. The van der Waals surface area contributed by atoms with Gasteiger partial charge in [0, 0.05) is 48.6 Å². The minimum absolute atomic E-state index is 0.0147. The number of anilines is 1. The molecule has 1 spiro atoms. The first kappa shape index (κ1) is 20.1. The van der Waals surface area contributed by atoms with Gasteiger partial charge in [-0.15, -0.1) is 0 Å². The number of nitrogens with zero attached hydrogens (tertiary/aromatic N) is 4. The molecule has 162 valence electrons. The summed E-state index contributed by atoms with van der Waals surface area (Å²) >= 11 is 0. The Labute approximate surface area is 186 Å². The number of benzene rings is 2. The van der Waals surface area contributed by atoms with Gasteiger partial charge < -0.3 is 14.5 Å². The largest absolute Gasteiger partial charge is 0.497 e. The maximum atomic E-state index is 11.9. The molecule has 3 heterocycles. The second kappa shape index (κ2) is 7.41. The van der Waals surface area contributed by atoms with E-state index in [9.17, 15) is 10.1 Å². The first-order valence-corrected chi connectivity index (χ1v) is 10.7. The Kier molecular flexibility index (Phi) is 4.66. The van der Waals surface area contributed by atoms with Crippen LogP contribution in [-0.4, -0.2) is 54.3 Å². The molecule has 2 aromatic carbocycles. The Balaban J connectivity index is 1.57. The number of hydrogen-bond acceptors (Lipinski definition) is 5. The molecule has 2 aliphatic heterocycles. The molecule has 0 atom stereocenters. The number of hydrogen-bond donors (Lipinski definition) is 1. The molecule has 7 heteroatoms. The molecule has 2 aliphatic rings. The van der Waals surface area contributed by atoms with Gasteiger partial charge in [0.2, 0.25) is 5.91 Å². The van der Waals surface area contributed by atoms with Gasteiger partial charge in [-0.25, -0.2) is 0 Å². The second-order valence-corrected chi connectivity index (χ2v) is 8.84. The first-order valence-electron chi connectivity index (χ1n) is 10.7. The SMILES string of the molecule is C=CC(=O)N1CC2(CCN(c3cc(OC)cc(-c4c(C)ccc5[nH]ncc45)c3C#N)C2)C1. The number of aryl methyl sites for hydroxylation is 1. The molecule has 1 amide bonds. The number of carbonyl (C=O) groups is 1. The molecule has 2 fully saturated rings. The molecule has 1 aromatic heterocycles. The van der Waals surface area contributed by atoms with Crippen molar-refractivity contribution in [3.8, 4) is 22.9 Å². The van der Waals surface area contributed by atoms with Gasteiger partial charge in [-0.2, -0.15) is 10.4 Å². The zero-order chi connectivity index (χ0) is 22.5. The molecular weight excluding hydrogens is 402 g/mol. The summed E-state index contributed by atoms with van der Waals surface area (Å²) < 4.78 is 5.64. The fourth-order valence-electron chi connectivity index (χ4n) is 5.21. The summed E-state index contributed by atoms with van der Waals surface area (Å²) in [6, 6.07) is 10.4. The lowest BCUT2D eigenvalue weighted by Gasteiger charge is -2.47. The van der Waals surface area contributed by atoms with Gasteiger partial charge in [0.05, 0.1) is 30.1 Å². The molecular formula is C25H25N5O2. The highest BCUT2D eigenvalue weighted by molar-refractivity contribution is 5.99. The molecule has 0 aliphatic carbocycles. The summed E-state index contributed by atoms with van der Waals surface area (Å²) in [4.78, 5) is 16.0. The Morgan fingerprint density at radius 3 is 2.88 bits per heavy atom. The van der Waals surface area contributed by atoms with Crippen molar-refractivity contribution < 1.29 is 9.53 Å². The van der Waals surface area contributed by atoms with Crippen LogP contribution >= 0.6 is 0 Å². The lowest BCUT2D eigenvalue weighted by Crippen LogP contribution is -2.59. The quantitative estimate of drug-likeness (QED) is 0.643. The summed E-state index contributed by atoms with van der Waals surface area (Å²) in [5.74, 6) is 0.700. The number of H-pyrrole nitrogens is 1. The molecule has 0 bridgehead atoms. The highest BCUT2D eigenvalue weighted by Gasteiger charge is 2.49. The smallest absolute Gasteiger partial charge is 0.245 e. The number of aromatic nitrogens is 2. The van der Waals surface area contributed by atoms with Crippen LogP contribution in [0.4, 0.5) is 5.69 Å². The average molecular weight is 428 g/mol. The van der Waals surface area contributed by atoms with Crippen LogP contribution in [0.1, 0.15) is 17.5 Å². The van der Waals surface area contributed by atoms with Gasteiger partial charge in [0.15, 0.2) is 0 Å². The van der Waals surface area contributed by atoms with Crippen molar-refractivity contribution >= 4 is 22.5 Å². The number of nitrogens with one attached hydrogen (secondary N) is 1. The van der Waals surface area contributed by atoms with Crippen molar-refractivity contribution in [2.45, 2.75) is 13.3 Å². The molecule has 0 radical (unpaired) electrons. The Morgan fingerprint density at radius 2 is 2.16 bits per heavy atom. The first-order chi connectivity index (χ1) is 15.5. The van der Waals surface area contributed by atoms with Crippen LogP contribution in [0.3, 0.4) is 0 Å². The number of fused-ring (bicyclic) bond motifs is 1. The van der Waals surface area contributed by atoms with Crippen LogP contribution in [0.25, 0.3) is 22.0 Å². The highest BCUT2D eigenvalue weighted by Crippen LogP contribution is 2.45. The van der Waals surface area contributed by atoms with Crippen LogP contribution in [0, 0.1) is 23.7 Å². The monoisotopic (exact) mass is 427 g/mol. The molecule has 7 nitrogen and oxygen atoms in total. The van der Waals surface area contributed by atoms with Crippen LogP contribution in [0.5, 0.6) is 5.75 Å². The minimum Gasteiger partial charge on any atom is -0.497 e. The average Bonchev–Trinajstić information content (AvgIpc) is 3.44. The van der Waals surface area contributed by atoms with Crippen molar-refractivity contribution in [3.05, 3.63) is 54.2 Å². The van der Waals surface area contributed by atoms with Crippen molar-refractivity contribution in [2.24, 2.45) is 5.41 Å². The summed E-state index contributed by atoms with van der Waals surface area (Å²) in [6.07, 6.45) is 4.17. The topological polar surface area (TPSA) is 85.2 Å². The van der Waals surface area contributed by atoms with Crippen LogP contribution in [-0.2, 0) is 4.79 Å². The standard InChI is InChI=1S/C25H25N5O2/c1-4-23(31)30-14-25(15-30)7-8-29(13-25)22-10-17(32-3)9-18(19(22)11-26)24-16(2)5-6-21-20(24)12-27-28-21/h4-6,9-10,12H,1,7-8,13-15H2,2-3H3,(H,27,28). The van der Waals surface area contributed by atoms with E-state index in [0.29, 0.717) is 11.3 Å². The highest BCUT2D eigenvalue weighted by atomic mass is 16.5. The van der Waals surface area contributed by atoms with Crippen molar-refractivity contribution in [3.63, 3.8) is 0 Å². The number of rotatable bonds is 4. The summed E-state index contributed by atoms with van der Waals surface area (Å²) in [6.45, 7) is 8.76. The summed E-state index contributed by atoms with van der Waals surface area (Å²) in [7, 11) is 1.65. The van der Waals surface area contributed by atoms with E-state index in [1.807, 2.05) is 42.3 Å². The minimum atomic E-state index is -0.0147. The molecule has 3 aromatic rings. The molecule has 1 N–H and O–H groups in total. The molecule has 32 heavy (non-hydrogen) atoms. The number of amides is 1. The van der Waals surface area contributed by atoms with Gasteiger partial charge in [0.1, 0.15) is 11.8 Å². The van der Waals surface area contributed by atoms with E-state index in [4.69, 9.17) is 4.74 Å². The van der Waals surface area contributed by atoms with Gasteiger partial charge in [-0.3, -0.25) is 9.89 Å². The molecule has 0 unspecified atom stereocenters. The lowest BCUT2D eigenvalue weighted by molar-refractivity contribution is -0.136. The normalized spacial score (nSPS) is 16.8. The van der Waals surface area contributed by atoms with Gasteiger partial charge in [-0.1, -0.05) is 12.6 Å². The van der Waals surface area contributed by atoms with E-state index in [1.54, 1.807) is 7.11 Å². The molecule has 0 saturated carbocycles. The summed E-state index contributed by atoms with van der Waals surface area (Å²) in [5.41, 5.74) is 5.45. The number of aromatic amines is 1. The number of carbonyl (C=O) groups excluding carboxylic acids is 1. The van der Waals surface area contributed by atoms with Gasteiger partial charge >= 0.3 is 0 Å². The van der Waals surface area contributed by atoms with Crippen molar-refractivity contribution in [1.82, 2.24) is 15.1 Å². The Bertz CT molecular complexity index is 1280.